The highest BCUT2D eigenvalue weighted by molar-refractivity contribution is 5.98. The van der Waals surface area contributed by atoms with Crippen molar-refractivity contribution in [2.24, 2.45) is 5.73 Å². The summed E-state index contributed by atoms with van der Waals surface area (Å²) in [7, 11) is 1.44. The van der Waals surface area contributed by atoms with E-state index in [1.807, 2.05) is 30.3 Å². The molecule has 3 amide bonds. The predicted molar refractivity (Wildman–Crippen MR) is 129 cm³/mol. The van der Waals surface area contributed by atoms with Crippen molar-refractivity contribution in [2.75, 3.05) is 13.6 Å². The Labute approximate surface area is 199 Å². The maximum Gasteiger partial charge on any atom is 0.252 e. The first-order valence-electron chi connectivity index (χ1n) is 10.7. The Morgan fingerprint density at radius 1 is 0.912 bits per heavy atom. The van der Waals surface area contributed by atoms with E-state index in [2.05, 4.69) is 39.6 Å². The second-order valence-electron chi connectivity index (χ2n) is 7.39. The Hall–Kier alpha value is -4.11. The van der Waals surface area contributed by atoms with Crippen molar-refractivity contribution < 1.29 is 19.5 Å². The van der Waals surface area contributed by atoms with Crippen molar-refractivity contribution in [3.05, 3.63) is 71.3 Å². The van der Waals surface area contributed by atoms with E-state index in [9.17, 15) is 19.5 Å². The first-order chi connectivity index (χ1) is 16.3. The standard InChI is InChI=1S/C26H28N4O4/c1-18(31)23(26(34)29-22(16-17-27)25(33)28-2)30-24(32)21-14-12-20(13-15-21)11-7-6-10-19-8-4-3-5-9-19/h3-5,8-9,12-15,18,22-23,31H,16-17,27H2,1-2H3,(H,28,33)(H,29,34)(H,30,32). The van der Waals surface area contributed by atoms with Gasteiger partial charge in [0.1, 0.15) is 12.1 Å². The van der Waals surface area contributed by atoms with Gasteiger partial charge >= 0.3 is 0 Å². The monoisotopic (exact) mass is 460 g/mol. The number of benzene rings is 2. The molecule has 0 aromatic heterocycles. The SMILES string of the molecule is CNC(=O)C(CCN)NC(=O)C(NC(=O)c1ccc(C#CC#Cc2ccccc2)cc1)C(C)O. The van der Waals surface area contributed by atoms with Crippen LogP contribution in [0, 0.1) is 23.7 Å². The third kappa shape index (κ3) is 8.10. The maximum absolute atomic E-state index is 12.6. The largest absolute Gasteiger partial charge is 0.391 e. The van der Waals surface area contributed by atoms with Gasteiger partial charge in [-0.1, -0.05) is 30.0 Å². The van der Waals surface area contributed by atoms with Gasteiger partial charge in [-0.2, -0.15) is 0 Å². The van der Waals surface area contributed by atoms with Crippen molar-refractivity contribution in [3.8, 4) is 23.7 Å². The van der Waals surface area contributed by atoms with Gasteiger partial charge in [-0.15, -0.1) is 0 Å². The quantitative estimate of drug-likeness (QED) is 0.358. The molecular formula is C26H28N4O4. The van der Waals surface area contributed by atoms with E-state index in [1.165, 1.54) is 14.0 Å². The molecule has 0 saturated heterocycles. The minimum Gasteiger partial charge on any atom is -0.391 e. The van der Waals surface area contributed by atoms with E-state index < -0.39 is 35.9 Å². The average molecular weight is 461 g/mol. The lowest BCUT2D eigenvalue weighted by Crippen LogP contribution is -2.57. The van der Waals surface area contributed by atoms with Crippen LogP contribution in [0.15, 0.2) is 54.6 Å². The molecule has 0 aliphatic rings. The van der Waals surface area contributed by atoms with Gasteiger partial charge in [0.15, 0.2) is 0 Å². The molecule has 6 N–H and O–H groups in total. The maximum atomic E-state index is 12.6. The fraction of sp³-hybridized carbons (Fsp3) is 0.269. The van der Waals surface area contributed by atoms with Crippen LogP contribution in [0.5, 0.6) is 0 Å². The highest BCUT2D eigenvalue weighted by Gasteiger charge is 2.29. The zero-order chi connectivity index (χ0) is 24.9. The highest BCUT2D eigenvalue weighted by atomic mass is 16.3. The van der Waals surface area contributed by atoms with Crippen LogP contribution in [0.1, 0.15) is 34.8 Å². The molecule has 3 atom stereocenters. The molecule has 8 nitrogen and oxygen atoms in total. The topological polar surface area (TPSA) is 134 Å². The number of amides is 3. The van der Waals surface area contributed by atoms with Gasteiger partial charge in [0.2, 0.25) is 11.8 Å². The molecule has 0 aliphatic carbocycles. The summed E-state index contributed by atoms with van der Waals surface area (Å²) in [5.41, 5.74) is 7.31. The van der Waals surface area contributed by atoms with Crippen LogP contribution >= 0.6 is 0 Å². The fourth-order valence-corrected chi connectivity index (χ4v) is 2.93. The van der Waals surface area contributed by atoms with Crippen LogP contribution in [0.2, 0.25) is 0 Å². The Bertz CT molecular complexity index is 1110. The summed E-state index contributed by atoms with van der Waals surface area (Å²) in [5.74, 6) is 9.72. The summed E-state index contributed by atoms with van der Waals surface area (Å²) in [6.45, 7) is 1.55. The molecule has 2 rings (SSSR count). The first-order valence-corrected chi connectivity index (χ1v) is 10.7. The molecule has 0 spiro atoms. The van der Waals surface area contributed by atoms with Crippen LogP contribution in [-0.4, -0.2) is 54.6 Å². The molecule has 0 aliphatic heterocycles. The van der Waals surface area contributed by atoms with E-state index in [-0.39, 0.29) is 18.5 Å². The van der Waals surface area contributed by atoms with Crippen molar-refractivity contribution in [1.82, 2.24) is 16.0 Å². The zero-order valence-corrected chi connectivity index (χ0v) is 19.1. The Morgan fingerprint density at radius 2 is 1.50 bits per heavy atom. The number of aliphatic hydroxyl groups is 1. The Balaban J connectivity index is 2.03. The summed E-state index contributed by atoms with van der Waals surface area (Å²) in [6, 6.07) is 13.8. The number of carbonyl (C=O) groups is 3. The molecule has 8 heteroatoms. The van der Waals surface area contributed by atoms with Gasteiger partial charge in [0.05, 0.1) is 6.10 Å². The lowest BCUT2D eigenvalue weighted by Gasteiger charge is -2.24. The number of aliphatic hydroxyl groups excluding tert-OH is 1. The summed E-state index contributed by atoms with van der Waals surface area (Å²) in [4.78, 5) is 37.2. The van der Waals surface area contributed by atoms with Crippen LogP contribution in [0.4, 0.5) is 0 Å². The minimum atomic E-state index is -1.26. The van der Waals surface area contributed by atoms with Crippen molar-refractivity contribution >= 4 is 17.7 Å². The molecule has 0 fully saturated rings. The van der Waals surface area contributed by atoms with Gasteiger partial charge in [-0.25, -0.2) is 0 Å². The van der Waals surface area contributed by atoms with Crippen LogP contribution in [0.3, 0.4) is 0 Å². The molecule has 2 aromatic rings. The number of carbonyl (C=O) groups excluding carboxylic acids is 3. The van der Waals surface area contributed by atoms with Crippen LogP contribution in [0.25, 0.3) is 0 Å². The number of nitrogens with one attached hydrogen (secondary N) is 3. The number of nitrogens with two attached hydrogens (primary N) is 1. The molecule has 2 aromatic carbocycles. The lowest BCUT2D eigenvalue weighted by atomic mass is 10.1. The zero-order valence-electron chi connectivity index (χ0n) is 19.1. The van der Waals surface area contributed by atoms with Crippen molar-refractivity contribution in [2.45, 2.75) is 31.5 Å². The van der Waals surface area contributed by atoms with Crippen molar-refractivity contribution in [1.29, 1.82) is 0 Å². The normalized spacial score (nSPS) is 12.5. The highest BCUT2D eigenvalue weighted by Crippen LogP contribution is 2.06. The van der Waals surface area contributed by atoms with Crippen LogP contribution in [-0.2, 0) is 9.59 Å². The third-order valence-corrected chi connectivity index (χ3v) is 4.78. The summed E-state index contributed by atoms with van der Waals surface area (Å²) in [6.07, 6.45) is -0.982. The first kappa shape index (κ1) is 26.1. The van der Waals surface area contributed by atoms with Gasteiger partial charge in [0, 0.05) is 23.7 Å². The smallest absolute Gasteiger partial charge is 0.252 e. The molecule has 34 heavy (non-hydrogen) atoms. The summed E-state index contributed by atoms with van der Waals surface area (Å²) in [5, 5.41) is 17.5. The van der Waals surface area contributed by atoms with E-state index in [0.717, 1.165) is 5.56 Å². The number of hydrogen-bond acceptors (Lipinski definition) is 5. The number of hydrogen-bond donors (Lipinski definition) is 5. The third-order valence-electron chi connectivity index (χ3n) is 4.78. The van der Waals surface area contributed by atoms with E-state index >= 15 is 0 Å². The number of rotatable bonds is 8. The van der Waals surface area contributed by atoms with Gasteiger partial charge in [0.25, 0.3) is 5.91 Å². The van der Waals surface area contributed by atoms with Gasteiger partial charge in [-0.05, 0) is 68.1 Å². The van der Waals surface area contributed by atoms with E-state index in [1.54, 1.807) is 24.3 Å². The van der Waals surface area contributed by atoms with Crippen LogP contribution < -0.4 is 21.7 Å². The predicted octanol–water partition coefficient (Wildman–Crippen LogP) is 0.149. The number of likely N-dealkylation sites (N-methyl/N-ethyl adjacent to an activating group) is 1. The van der Waals surface area contributed by atoms with E-state index in [0.29, 0.717) is 5.56 Å². The van der Waals surface area contributed by atoms with Crippen molar-refractivity contribution in [3.63, 3.8) is 0 Å². The fourth-order valence-electron chi connectivity index (χ4n) is 2.93. The summed E-state index contributed by atoms with van der Waals surface area (Å²) < 4.78 is 0. The Morgan fingerprint density at radius 3 is 2.03 bits per heavy atom. The lowest BCUT2D eigenvalue weighted by molar-refractivity contribution is -0.131. The second-order valence-corrected chi connectivity index (χ2v) is 7.39. The Kier molecular flexibility index (Phi) is 10.3. The minimum absolute atomic E-state index is 0.178. The molecule has 3 unspecified atom stereocenters. The van der Waals surface area contributed by atoms with E-state index in [4.69, 9.17) is 5.73 Å². The molecule has 0 bridgehead atoms. The van der Waals surface area contributed by atoms with Gasteiger partial charge < -0.3 is 26.8 Å². The molecule has 176 valence electrons. The molecule has 0 radical (unpaired) electrons. The average Bonchev–Trinajstić information content (AvgIpc) is 2.85. The summed E-state index contributed by atoms with van der Waals surface area (Å²) >= 11 is 0. The molecule has 0 saturated carbocycles. The second kappa shape index (κ2) is 13.4. The molecular weight excluding hydrogens is 432 g/mol. The molecule has 0 heterocycles. The van der Waals surface area contributed by atoms with Gasteiger partial charge in [-0.3, -0.25) is 14.4 Å².